The molecule has 1 atom stereocenters. The van der Waals surface area contributed by atoms with Crippen molar-refractivity contribution in [1.29, 1.82) is 0 Å². The molecule has 4 rings (SSSR count). The van der Waals surface area contributed by atoms with Crippen molar-refractivity contribution in [2.75, 3.05) is 13.1 Å². The van der Waals surface area contributed by atoms with Crippen LogP contribution in [0.3, 0.4) is 0 Å². The average molecular weight is 240 g/mol. The van der Waals surface area contributed by atoms with Crippen molar-refractivity contribution in [2.24, 2.45) is 5.92 Å². The predicted octanol–water partition coefficient (Wildman–Crippen LogP) is 2.74. The molecule has 1 N–H and O–H groups in total. The minimum Gasteiger partial charge on any atom is -0.347 e. The van der Waals surface area contributed by atoms with E-state index in [2.05, 4.69) is 34.3 Å². The molecule has 18 heavy (non-hydrogen) atoms. The molecule has 0 radical (unpaired) electrons. The van der Waals surface area contributed by atoms with Crippen molar-refractivity contribution < 1.29 is 0 Å². The summed E-state index contributed by atoms with van der Waals surface area (Å²) in [5, 5.41) is 4.92. The number of nitrogens with one attached hydrogen (secondary N) is 1. The lowest BCUT2D eigenvalue weighted by Gasteiger charge is -2.17. The topological polar surface area (TPSA) is 17.0 Å². The van der Waals surface area contributed by atoms with Crippen LogP contribution in [0, 0.1) is 5.92 Å². The summed E-state index contributed by atoms with van der Waals surface area (Å²) >= 11 is 0. The normalized spacial score (nSPS) is 22.8. The zero-order valence-corrected chi connectivity index (χ0v) is 10.8. The van der Waals surface area contributed by atoms with Crippen LogP contribution in [-0.2, 0) is 19.4 Å². The second kappa shape index (κ2) is 4.13. The summed E-state index contributed by atoms with van der Waals surface area (Å²) in [6.45, 7) is 3.60. The largest absolute Gasteiger partial charge is 0.347 e. The monoisotopic (exact) mass is 240 g/mol. The molecular weight excluding hydrogens is 220 g/mol. The quantitative estimate of drug-likeness (QED) is 0.854. The van der Waals surface area contributed by atoms with E-state index < -0.39 is 0 Å². The smallest absolute Gasteiger partial charge is 0.0513 e. The van der Waals surface area contributed by atoms with Crippen molar-refractivity contribution in [3.8, 4) is 0 Å². The summed E-state index contributed by atoms with van der Waals surface area (Å²) in [6.07, 6.45) is 7.41. The molecule has 94 valence electrons. The highest BCUT2D eigenvalue weighted by atomic mass is 15.0. The molecule has 0 bridgehead atoms. The van der Waals surface area contributed by atoms with Crippen LogP contribution in [0.1, 0.15) is 24.0 Å². The summed E-state index contributed by atoms with van der Waals surface area (Å²) in [6, 6.07) is 7.18. The fourth-order valence-electron chi connectivity index (χ4n) is 3.67. The van der Waals surface area contributed by atoms with Gasteiger partial charge in [-0.25, -0.2) is 0 Å². The van der Waals surface area contributed by atoms with Crippen LogP contribution in [0.2, 0.25) is 0 Å². The number of benzene rings is 1. The Balaban J connectivity index is 1.73. The van der Waals surface area contributed by atoms with Crippen molar-refractivity contribution in [1.82, 2.24) is 9.88 Å². The van der Waals surface area contributed by atoms with E-state index in [4.69, 9.17) is 0 Å². The molecule has 3 heterocycles. The van der Waals surface area contributed by atoms with Gasteiger partial charge in [0.1, 0.15) is 0 Å². The van der Waals surface area contributed by atoms with Crippen molar-refractivity contribution in [2.45, 2.75) is 32.2 Å². The van der Waals surface area contributed by atoms with Gasteiger partial charge in [-0.1, -0.05) is 6.07 Å². The minimum absolute atomic E-state index is 0.848. The van der Waals surface area contributed by atoms with Gasteiger partial charge in [-0.15, -0.1) is 0 Å². The Morgan fingerprint density at radius 2 is 2.33 bits per heavy atom. The summed E-state index contributed by atoms with van der Waals surface area (Å²) in [5.41, 5.74) is 4.62. The molecule has 2 heteroatoms. The van der Waals surface area contributed by atoms with E-state index in [-0.39, 0.29) is 0 Å². The van der Waals surface area contributed by atoms with Gasteiger partial charge in [0, 0.05) is 18.1 Å². The average Bonchev–Trinajstić information content (AvgIpc) is 3.01. The Morgan fingerprint density at radius 3 is 3.22 bits per heavy atom. The van der Waals surface area contributed by atoms with Crippen LogP contribution in [0.25, 0.3) is 10.9 Å². The van der Waals surface area contributed by atoms with Gasteiger partial charge in [0.2, 0.25) is 0 Å². The molecular formula is C16H20N2. The van der Waals surface area contributed by atoms with Crippen LogP contribution < -0.4 is 5.32 Å². The van der Waals surface area contributed by atoms with Crippen LogP contribution in [-0.4, -0.2) is 17.7 Å². The van der Waals surface area contributed by atoms with Gasteiger partial charge < -0.3 is 9.88 Å². The first-order chi connectivity index (χ1) is 8.90. The molecule has 1 saturated heterocycles. The van der Waals surface area contributed by atoms with Gasteiger partial charge in [-0.3, -0.25) is 0 Å². The van der Waals surface area contributed by atoms with E-state index in [9.17, 15) is 0 Å². The molecule has 2 nitrogen and oxygen atoms in total. The fourth-order valence-corrected chi connectivity index (χ4v) is 3.67. The number of rotatable bonds is 2. The fraction of sp³-hybridized carbons (Fsp3) is 0.500. The maximum absolute atomic E-state index is 3.47. The van der Waals surface area contributed by atoms with E-state index in [0.717, 1.165) is 5.92 Å². The third-order valence-corrected chi connectivity index (χ3v) is 4.53. The molecule has 1 fully saturated rings. The first-order valence-electron chi connectivity index (χ1n) is 7.21. The molecule has 0 aliphatic carbocycles. The Labute approximate surface area is 108 Å². The highest BCUT2D eigenvalue weighted by Crippen LogP contribution is 2.29. The van der Waals surface area contributed by atoms with Crippen LogP contribution in [0.15, 0.2) is 24.4 Å². The van der Waals surface area contributed by atoms with Crippen LogP contribution in [0.5, 0.6) is 0 Å². The lowest BCUT2D eigenvalue weighted by atomic mass is 9.94. The lowest BCUT2D eigenvalue weighted by Crippen LogP contribution is -2.11. The first-order valence-corrected chi connectivity index (χ1v) is 7.21. The van der Waals surface area contributed by atoms with E-state index in [0.29, 0.717) is 0 Å². The predicted molar refractivity (Wildman–Crippen MR) is 74.9 cm³/mol. The molecule has 2 aromatic rings. The van der Waals surface area contributed by atoms with E-state index in [1.165, 1.54) is 56.2 Å². The SMILES string of the molecule is c1c(CC2CCNC2)cc2ccn3c2c1CCC3. The number of aromatic nitrogens is 1. The third kappa shape index (κ3) is 1.67. The van der Waals surface area contributed by atoms with E-state index in [1.807, 2.05) is 0 Å². The molecule has 1 unspecified atom stereocenters. The molecule has 1 aromatic heterocycles. The number of hydrogen-bond donors (Lipinski definition) is 1. The van der Waals surface area contributed by atoms with Gasteiger partial charge in [-0.05, 0) is 68.0 Å². The second-order valence-electron chi connectivity index (χ2n) is 5.87. The second-order valence-corrected chi connectivity index (χ2v) is 5.87. The van der Waals surface area contributed by atoms with E-state index >= 15 is 0 Å². The molecule has 2 aliphatic rings. The highest BCUT2D eigenvalue weighted by molar-refractivity contribution is 5.84. The molecule has 0 spiro atoms. The first kappa shape index (κ1) is 10.6. The highest BCUT2D eigenvalue weighted by Gasteiger charge is 2.17. The van der Waals surface area contributed by atoms with Crippen LogP contribution >= 0.6 is 0 Å². The van der Waals surface area contributed by atoms with Gasteiger partial charge in [0.05, 0.1) is 5.52 Å². The summed E-state index contributed by atoms with van der Waals surface area (Å²) in [7, 11) is 0. The van der Waals surface area contributed by atoms with Crippen molar-refractivity contribution >= 4 is 10.9 Å². The zero-order valence-electron chi connectivity index (χ0n) is 10.8. The van der Waals surface area contributed by atoms with Gasteiger partial charge in [0.25, 0.3) is 0 Å². The third-order valence-electron chi connectivity index (χ3n) is 4.53. The number of aryl methyl sites for hydroxylation is 2. The Hall–Kier alpha value is -1.28. The van der Waals surface area contributed by atoms with Crippen molar-refractivity contribution in [3.05, 3.63) is 35.5 Å². The van der Waals surface area contributed by atoms with Crippen LogP contribution in [0.4, 0.5) is 0 Å². The van der Waals surface area contributed by atoms with Gasteiger partial charge in [0.15, 0.2) is 0 Å². The standard InChI is InChI=1S/C16H20N2/c1-2-14-9-13(8-12-3-5-17-11-12)10-15-4-7-18(6-1)16(14)15/h4,7,9-10,12,17H,1-3,5-6,8,11H2. The zero-order chi connectivity index (χ0) is 11.9. The number of nitrogens with zero attached hydrogens (tertiary/aromatic N) is 1. The number of hydrogen-bond acceptors (Lipinski definition) is 1. The maximum atomic E-state index is 3.47. The van der Waals surface area contributed by atoms with Gasteiger partial charge >= 0.3 is 0 Å². The maximum Gasteiger partial charge on any atom is 0.0513 e. The minimum atomic E-state index is 0.848. The Morgan fingerprint density at radius 1 is 1.33 bits per heavy atom. The summed E-state index contributed by atoms with van der Waals surface area (Å²) < 4.78 is 2.43. The lowest BCUT2D eigenvalue weighted by molar-refractivity contribution is 0.579. The molecule has 0 saturated carbocycles. The Kier molecular flexibility index (Phi) is 2.44. The van der Waals surface area contributed by atoms with Gasteiger partial charge in [-0.2, -0.15) is 0 Å². The summed E-state index contributed by atoms with van der Waals surface area (Å²) in [4.78, 5) is 0. The van der Waals surface area contributed by atoms with E-state index in [1.54, 1.807) is 11.1 Å². The molecule has 2 aliphatic heterocycles. The Bertz CT molecular complexity index is 576. The summed E-state index contributed by atoms with van der Waals surface area (Å²) in [5.74, 6) is 0.848. The molecule has 1 aromatic carbocycles. The molecule has 0 amide bonds. The van der Waals surface area contributed by atoms with Crippen molar-refractivity contribution in [3.63, 3.8) is 0 Å².